The Morgan fingerprint density at radius 1 is 1.36 bits per heavy atom. The molecule has 0 aliphatic heterocycles. The third-order valence-corrected chi connectivity index (χ3v) is 3.95. The van der Waals surface area contributed by atoms with Crippen molar-refractivity contribution in [3.8, 4) is 0 Å². The Hall–Kier alpha value is -0.0800. The van der Waals surface area contributed by atoms with E-state index in [2.05, 4.69) is 25.8 Å². The first-order valence-electron chi connectivity index (χ1n) is 6.06. The Balaban J connectivity index is 2.57. The monoisotopic (exact) mass is 198 g/mol. The molecule has 0 aromatic rings. The molecule has 2 heteroatoms. The van der Waals surface area contributed by atoms with Crippen LogP contribution in [0.15, 0.2) is 0 Å². The van der Waals surface area contributed by atoms with Crippen molar-refractivity contribution in [1.82, 2.24) is 4.90 Å². The Labute approximate surface area is 88.8 Å². The van der Waals surface area contributed by atoms with E-state index < -0.39 is 0 Å². The molecule has 0 heterocycles. The van der Waals surface area contributed by atoms with Gasteiger partial charge in [-0.25, -0.2) is 0 Å². The van der Waals surface area contributed by atoms with E-state index in [1.807, 2.05) is 0 Å². The number of likely N-dealkylation sites (N-methyl/N-ethyl adjacent to an activating group) is 1. The highest BCUT2D eigenvalue weighted by molar-refractivity contribution is 4.93. The zero-order chi connectivity index (χ0) is 10.6. The van der Waals surface area contributed by atoms with E-state index in [1.165, 1.54) is 38.6 Å². The maximum atomic E-state index is 5.97. The van der Waals surface area contributed by atoms with Gasteiger partial charge in [0.1, 0.15) is 0 Å². The summed E-state index contributed by atoms with van der Waals surface area (Å²) in [4.78, 5) is 2.50. The lowest BCUT2D eigenvalue weighted by molar-refractivity contribution is 0.0680. The average Bonchev–Trinajstić information content (AvgIpc) is 2.20. The molecule has 2 N–H and O–H groups in total. The average molecular weight is 198 g/mol. The van der Waals surface area contributed by atoms with Gasteiger partial charge in [-0.15, -0.1) is 0 Å². The summed E-state index contributed by atoms with van der Waals surface area (Å²) in [6, 6.07) is 0. The summed E-state index contributed by atoms with van der Waals surface area (Å²) in [6.45, 7) is 6.62. The van der Waals surface area contributed by atoms with Gasteiger partial charge in [0.2, 0.25) is 0 Å². The van der Waals surface area contributed by atoms with Gasteiger partial charge in [0, 0.05) is 12.1 Å². The third kappa shape index (κ3) is 2.48. The molecular formula is C12H26N2. The van der Waals surface area contributed by atoms with Crippen LogP contribution in [0.1, 0.15) is 46.0 Å². The first-order valence-corrected chi connectivity index (χ1v) is 6.06. The lowest BCUT2D eigenvalue weighted by Gasteiger charge is -2.45. The van der Waals surface area contributed by atoms with Crippen molar-refractivity contribution in [2.45, 2.75) is 51.5 Å². The molecule has 0 bridgehead atoms. The van der Waals surface area contributed by atoms with Crippen molar-refractivity contribution >= 4 is 0 Å². The molecule has 0 aromatic carbocycles. The van der Waals surface area contributed by atoms with E-state index in [9.17, 15) is 0 Å². The summed E-state index contributed by atoms with van der Waals surface area (Å²) in [6.07, 6.45) is 6.52. The molecule has 1 saturated carbocycles. The van der Waals surface area contributed by atoms with Crippen molar-refractivity contribution in [2.75, 3.05) is 20.1 Å². The van der Waals surface area contributed by atoms with Gasteiger partial charge in [-0.1, -0.05) is 13.8 Å². The highest BCUT2D eigenvalue weighted by atomic mass is 15.2. The molecule has 0 amide bonds. The molecule has 1 aliphatic rings. The molecule has 0 aromatic heterocycles. The summed E-state index contributed by atoms with van der Waals surface area (Å²) in [5, 5.41) is 0. The molecule has 84 valence electrons. The summed E-state index contributed by atoms with van der Waals surface area (Å²) >= 11 is 0. The molecule has 0 spiro atoms. The zero-order valence-electron chi connectivity index (χ0n) is 10.1. The number of hydrogen-bond acceptors (Lipinski definition) is 2. The van der Waals surface area contributed by atoms with Crippen molar-refractivity contribution in [1.29, 1.82) is 0 Å². The molecule has 1 rings (SSSR count). The molecule has 0 atom stereocenters. The first-order chi connectivity index (χ1) is 6.64. The normalized spacial score (nSPS) is 33.6. The second-order valence-electron chi connectivity index (χ2n) is 5.03. The lowest BCUT2D eigenvalue weighted by Crippen LogP contribution is -2.54. The van der Waals surface area contributed by atoms with Gasteiger partial charge >= 0.3 is 0 Å². The van der Waals surface area contributed by atoms with Crippen LogP contribution in [0, 0.1) is 5.92 Å². The Bertz CT molecular complexity index is 160. The number of nitrogens with zero attached hydrogens (tertiary/aromatic N) is 1. The lowest BCUT2D eigenvalue weighted by atomic mass is 9.76. The quantitative estimate of drug-likeness (QED) is 0.750. The summed E-state index contributed by atoms with van der Waals surface area (Å²) in [5.74, 6) is 0.907. The van der Waals surface area contributed by atoms with Crippen molar-refractivity contribution in [3.05, 3.63) is 0 Å². The van der Waals surface area contributed by atoms with Crippen LogP contribution in [0.5, 0.6) is 0 Å². The highest BCUT2D eigenvalue weighted by Gasteiger charge is 2.35. The standard InChI is InChI=1S/C12H26N2/c1-4-9-14(3)12(10-13)7-5-11(2)6-8-12/h11H,4-10,13H2,1-3H3. The van der Waals surface area contributed by atoms with Crippen LogP contribution in [-0.4, -0.2) is 30.6 Å². The predicted octanol–water partition coefficient (Wildman–Crippen LogP) is 2.24. The molecular weight excluding hydrogens is 172 g/mol. The van der Waals surface area contributed by atoms with Gasteiger partial charge in [0.05, 0.1) is 0 Å². The van der Waals surface area contributed by atoms with E-state index in [0.717, 1.165) is 12.5 Å². The summed E-state index contributed by atoms with van der Waals surface area (Å²) in [7, 11) is 2.24. The van der Waals surface area contributed by atoms with Gasteiger partial charge in [0.15, 0.2) is 0 Å². The summed E-state index contributed by atoms with van der Waals surface area (Å²) < 4.78 is 0. The largest absolute Gasteiger partial charge is 0.329 e. The van der Waals surface area contributed by atoms with Crippen molar-refractivity contribution in [2.24, 2.45) is 11.7 Å². The van der Waals surface area contributed by atoms with Crippen LogP contribution in [-0.2, 0) is 0 Å². The molecule has 1 aliphatic carbocycles. The zero-order valence-corrected chi connectivity index (χ0v) is 10.1. The first kappa shape index (κ1) is 12.0. The van der Waals surface area contributed by atoms with E-state index in [0.29, 0.717) is 5.54 Å². The van der Waals surface area contributed by atoms with Gasteiger partial charge < -0.3 is 5.73 Å². The third-order valence-electron chi connectivity index (χ3n) is 3.95. The Morgan fingerprint density at radius 2 is 1.93 bits per heavy atom. The predicted molar refractivity (Wildman–Crippen MR) is 62.3 cm³/mol. The van der Waals surface area contributed by atoms with Gasteiger partial charge in [0.25, 0.3) is 0 Å². The fourth-order valence-corrected chi connectivity index (χ4v) is 2.61. The fraction of sp³-hybridized carbons (Fsp3) is 1.00. The van der Waals surface area contributed by atoms with Crippen molar-refractivity contribution < 1.29 is 0 Å². The van der Waals surface area contributed by atoms with Crippen LogP contribution in [0.25, 0.3) is 0 Å². The second kappa shape index (κ2) is 5.13. The molecule has 0 unspecified atom stereocenters. The number of rotatable bonds is 4. The van der Waals surface area contributed by atoms with E-state index in [1.54, 1.807) is 0 Å². The van der Waals surface area contributed by atoms with Crippen LogP contribution < -0.4 is 5.73 Å². The molecule has 0 radical (unpaired) electrons. The minimum absolute atomic E-state index is 0.322. The van der Waals surface area contributed by atoms with Gasteiger partial charge in [-0.3, -0.25) is 4.90 Å². The molecule has 1 fully saturated rings. The number of nitrogens with two attached hydrogens (primary N) is 1. The smallest absolute Gasteiger partial charge is 0.0328 e. The summed E-state index contributed by atoms with van der Waals surface area (Å²) in [5.41, 5.74) is 6.30. The topological polar surface area (TPSA) is 29.3 Å². The maximum absolute atomic E-state index is 5.97. The maximum Gasteiger partial charge on any atom is 0.0328 e. The van der Waals surface area contributed by atoms with Gasteiger partial charge in [-0.05, 0) is 51.6 Å². The fourth-order valence-electron chi connectivity index (χ4n) is 2.61. The van der Waals surface area contributed by atoms with Crippen LogP contribution in [0.2, 0.25) is 0 Å². The molecule has 0 saturated heterocycles. The van der Waals surface area contributed by atoms with Crippen molar-refractivity contribution in [3.63, 3.8) is 0 Å². The Kier molecular flexibility index (Phi) is 4.39. The number of hydrogen-bond donors (Lipinski definition) is 1. The van der Waals surface area contributed by atoms with Crippen LogP contribution in [0.4, 0.5) is 0 Å². The second-order valence-corrected chi connectivity index (χ2v) is 5.03. The van der Waals surface area contributed by atoms with E-state index in [4.69, 9.17) is 5.73 Å². The van der Waals surface area contributed by atoms with E-state index in [-0.39, 0.29) is 0 Å². The molecule has 2 nitrogen and oxygen atoms in total. The molecule has 14 heavy (non-hydrogen) atoms. The minimum atomic E-state index is 0.322. The highest BCUT2D eigenvalue weighted by Crippen LogP contribution is 2.35. The minimum Gasteiger partial charge on any atom is -0.329 e. The van der Waals surface area contributed by atoms with Gasteiger partial charge in [-0.2, -0.15) is 0 Å². The van der Waals surface area contributed by atoms with Crippen LogP contribution in [0.3, 0.4) is 0 Å². The SMILES string of the molecule is CCCN(C)C1(CN)CCC(C)CC1. The van der Waals surface area contributed by atoms with E-state index >= 15 is 0 Å². The Morgan fingerprint density at radius 3 is 2.36 bits per heavy atom. The van der Waals surface area contributed by atoms with Crippen LogP contribution >= 0.6 is 0 Å².